The van der Waals surface area contributed by atoms with Crippen LogP contribution in [0.2, 0.25) is 0 Å². The van der Waals surface area contributed by atoms with Crippen LogP contribution in [-0.4, -0.2) is 22.5 Å². The topological polar surface area (TPSA) is 87.7 Å². The van der Waals surface area contributed by atoms with Gasteiger partial charge in [-0.3, -0.25) is 4.79 Å². The second-order valence-electron chi connectivity index (χ2n) is 4.71. The molecule has 0 saturated carbocycles. The van der Waals surface area contributed by atoms with Crippen molar-refractivity contribution in [2.75, 3.05) is 0 Å². The Morgan fingerprint density at radius 3 is 2.52 bits per heavy atom. The van der Waals surface area contributed by atoms with E-state index < -0.39 is 23.1 Å². The van der Waals surface area contributed by atoms with Crippen molar-refractivity contribution in [1.82, 2.24) is 5.32 Å². The standard InChI is InChI=1S/C14H19F2N3O2/c1-3-14(4-2,13(17)19-21)18-11(20)8-9-6-5-7-10(15)12(9)16/h5-7,21H,3-4,8H2,1-2H3,(H2,17,19)(H,18,20). The quantitative estimate of drug-likeness (QED) is 0.324. The molecule has 21 heavy (non-hydrogen) atoms. The van der Waals surface area contributed by atoms with E-state index in [4.69, 9.17) is 10.9 Å². The maximum absolute atomic E-state index is 13.5. The number of hydrogen-bond acceptors (Lipinski definition) is 3. The van der Waals surface area contributed by atoms with Crippen molar-refractivity contribution in [3.63, 3.8) is 0 Å². The molecule has 0 heterocycles. The Morgan fingerprint density at radius 1 is 1.38 bits per heavy atom. The predicted octanol–water partition coefficient (Wildman–Crippen LogP) is 1.93. The number of oxime groups is 1. The van der Waals surface area contributed by atoms with Gasteiger partial charge in [-0.05, 0) is 18.9 Å². The second kappa shape index (κ2) is 7.01. The van der Waals surface area contributed by atoms with E-state index in [9.17, 15) is 13.6 Å². The summed E-state index contributed by atoms with van der Waals surface area (Å²) in [5.41, 5.74) is 4.57. The highest BCUT2D eigenvalue weighted by molar-refractivity contribution is 5.94. The van der Waals surface area contributed by atoms with Crippen molar-refractivity contribution < 1.29 is 18.8 Å². The van der Waals surface area contributed by atoms with E-state index in [0.717, 1.165) is 6.07 Å². The Balaban J connectivity index is 2.91. The first-order chi connectivity index (χ1) is 9.90. The highest BCUT2D eigenvalue weighted by atomic mass is 19.2. The molecule has 5 nitrogen and oxygen atoms in total. The summed E-state index contributed by atoms with van der Waals surface area (Å²) in [6.45, 7) is 3.54. The second-order valence-corrected chi connectivity index (χ2v) is 4.71. The van der Waals surface area contributed by atoms with Gasteiger partial charge >= 0.3 is 0 Å². The minimum Gasteiger partial charge on any atom is -0.409 e. The minimum atomic E-state index is -1.05. The molecule has 0 aliphatic heterocycles. The molecular weight excluding hydrogens is 280 g/mol. The molecule has 116 valence electrons. The SMILES string of the molecule is CCC(CC)(NC(=O)Cc1cccc(F)c1F)/C(N)=N/O. The van der Waals surface area contributed by atoms with Crippen molar-refractivity contribution >= 4 is 11.7 Å². The molecule has 0 fully saturated rings. The highest BCUT2D eigenvalue weighted by Crippen LogP contribution is 2.17. The van der Waals surface area contributed by atoms with Gasteiger partial charge in [-0.2, -0.15) is 0 Å². The maximum Gasteiger partial charge on any atom is 0.225 e. The molecule has 1 aromatic rings. The van der Waals surface area contributed by atoms with Gasteiger partial charge in [-0.25, -0.2) is 8.78 Å². The Labute approximate surface area is 121 Å². The number of amidine groups is 1. The zero-order valence-electron chi connectivity index (χ0n) is 12.0. The van der Waals surface area contributed by atoms with Gasteiger partial charge in [-0.15, -0.1) is 0 Å². The average molecular weight is 299 g/mol. The number of nitrogens with one attached hydrogen (secondary N) is 1. The molecule has 1 aromatic carbocycles. The van der Waals surface area contributed by atoms with E-state index in [1.54, 1.807) is 13.8 Å². The van der Waals surface area contributed by atoms with Gasteiger partial charge in [0.1, 0.15) is 5.54 Å². The number of carbonyl (C=O) groups excluding carboxylic acids is 1. The van der Waals surface area contributed by atoms with Crippen LogP contribution in [0.25, 0.3) is 0 Å². The first kappa shape index (κ1) is 16.9. The summed E-state index contributed by atoms with van der Waals surface area (Å²) in [6, 6.07) is 3.65. The van der Waals surface area contributed by atoms with Crippen LogP contribution >= 0.6 is 0 Å². The number of carbonyl (C=O) groups is 1. The molecule has 0 unspecified atom stereocenters. The van der Waals surface area contributed by atoms with E-state index in [1.165, 1.54) is 12.1 Å². The third kappa shape index (κ3) is 3.68. The third-order valence-corrected chi connectivity index (χ3v) is 3.57. The minimum absolute atomic E-state index is 0.0480. The van der Waals surface area contributed by atoms with Gasteiger partial charge in [0.15, 0.2) is 17.5 Å². The van der Waals surface area contributed by atoms with E-state index in [-0.39, 0.29) is 17.8 Å². The van der Waals surface area contributed by atoms with E-state index in [2.05, 4.69) is 10.5 Å². The molecule has 0 aliphatic carbocycles. The molecule has 0 saturated heterocycles. The van der Waals surface area contributed by atoms with E-state index in [1.807, 2.05) is 0 Å². The number of amides is 1. The molecular formula is C14H19F2N3O2. The van der Waals surface area contributed by atoms with Crippen molar-refractivity contribution in [2.24, 2.45) is 10.9 Å². The highest BCUT2D eigenvalue weighted by Gasteiger charge is 2.33. The fourth-order valence-electron chi connectivity index (χ4n) is 2.12. The molecule has 4 N–H and O–H groups in total. The van der Waals surface area contributed by atoms with Crippen molar-refractivity contribution in [1.29, 1.82) is 0 Å². The number of nitrogens with zero attached hydrogens (tertiary/aromatic N) is 1. The van der Waals surface area contributed by atoms with Crippen molar-refractivity contribution in [3.8, 4) is 0 Å². The summed E-state index contributed by atoms with van der Waals surface area (Å²) >= 11 is 0. The molecule has 0 atom stereocenters. The summed E-state index contributed by atoms with van der Waals surface area (Å²) < 4.78 is 26.6. The van der Waals surface area contributed by atoms with Crippen LogP contribution < -0.4 is 11.1 Å². The smallest absolute Gasteiger partial charge is 0.225 e. The normalized spacial score (nSPS) is 12.3. The molecule has 0 aliphatic rings. The van der Waals surface area contributed by atoms with Crippen molar-refractivity contribution in [2.45, 2.75) is 38.6 Å². The molecule has 1 amide bonds. The molecule has 0 aromatic heterocycles. The van der Waals surface area contributed by atoms with Crippen LogP contribution in [0, 0.1) is 11.6 Å². The van der Waals surface area contributed by atoms with Crippen LogP contribution in [0.3, 0.4) is 0 Å². The summed E-state index contributed by atoms with van der Waals surface area (Å²) in [4.78, 5) is 12.0. The lowest BCUT2D eigenvalue weighted by Crippen LogP contribution is -2.57. The largest absolute Gasteiger partial charge is 0.409 e. The van der Waals surface area contributed by atoms with Crippen LogP contribution in [-0.2, 0) is 11.2 Å². The molecule has 0 spiro atoms. The van der Waals surface area contributed by atoms with Gasteiger partial charge in [0.05, 0.1) is 6.42 Å². The van der Waals surface area contributed by atoms with Gasteiger partial charge in [-0.1, -0.05) is 31.1 Å². The van der Waals surface area contributed by atoms with Crippen LogP contribution in [0.5, 0.6) is 0 Å². The van der Waals surface area contributed by atoms with Crippen LogP contribution in [0.15, 0.2) is 23.4 Å². The lowest BCUT2D eigenvalue weighted by molar-refractivity contribution is -0.121. The lowest BCUT2D eigenvalue weighted by atomic mass is 9.91. The van der Waals surface area contributed by atoms with E-state index in [0.29, 0.717) is 12.8 Å². The molecule has 7 heteroatoms. The number of nitrogens with two attached hydrogens (primary N) is 1. The summed E-state index contributed by atoms with van der Waals surface area (Å²) in [6.07, 6.45) is 0.470. The first-order valence-electron chi connectivity index (χ1n) is 6.62. The summed E-state index contributed by atoms with van der Waals surface area (Å²) in [5, 5.41) is 14.4. The predicted molar refractivity (Wildman–Crippen MR) is 74.9 cm³/mol. The van der Waals surface area contributed by atoms with Crippen molar-refractivity contribution in [3.05, 3.63) is 35.4 Å². The monoisotopic (exact) mass is 299 g/mol. The maximum atomic E-state index is 13.5. The Kier molecular flexibility index (Phi) is 5.63. The fraction of sp³-hybridized carbons (Fsp3) is 0.429. The zero-order valence-corrected chi connectivity index (χ0v) is 12.0. The fourth-order valence-corrected chi connectivity index (χ4v) is 2.12. The first-order valence-corrected chi connectivity index (χ1v) is 6.62. The number of rotatable bonds is 6. The van der Waals surface area contributed by atoms with Crippen LogP contribution in [0.4, 0.5) is 8.78 Å². The summed E-state index contributed by atoms with van der Waals surface area (Å²) in [7, 11) is 0. The average Bonchev–Trinajstić information content (AvgIpc) is 2.48. The number of halogens is 2. The lowest BCUT2D eigenvalue weighted by Gasteiger charge is -2.31. The number of hydrogen-bond donors (Lipinski definition) is 3. The molecule has 0 bridgehead atoms. The molecule has 1 rings (SSSR count). The third-order valence-electron chi connectivity index (χ3n) is 3.57. The summed E-state index contributed by atoms with van der Waals surface area (Å²) in [5.74, 6) is -2.71. The number of benzene rings is 1. The Morgan fingerprint density at radius 2 is 2.00 bits per heavy atom. The van der Waals surface area contributed by atoms with Gasteiger partial charge in [0.25, 0.3) is 0 Å². The van der Waals surface area contributed by atoms with Gasteiger partial charge in [0.2, 0.25) is 5.91 Å². The van der Waals surface area contributed by atoms with Crippen LogP contribution in [0.1, 0.15) is 32.3 Å². The molecule has 0 radical (unpaired) electrons. The van der Waals surface area contributed by atoms with E-state index >= 15 is 0 Å². The Hall–Kier alpha value is -2.18. The Bertz CT molecular complexity index is 543. The van der Waals surface area contributed by atoms with Gasteiger partial charge < -0.3 is 16.3 Å². The zero-order chi connectivity index (χ0) is 16.0. The van der Waals surface area contributed by atoms with Gasteiger partial charge in [0, 0.05) is 5.56 Å².